The third kappa shape index (κ3) is 5.28. The molecule has 2 heterocycles. The van der Waals surface area contributed by atoms with E-state index in [0.717, 1.165) is 37.9 Å². The van der Waals surface area contributed by atoms with Crippen LogP contribution in [-0.2, 0) is 17.6 Å². The molecule has 0 spiro atoms. The van der Waals surface area contributed by atoms with Crippen LogP contribution in [0.2, 0.25) is 0 Å². The Hall–Kier alpha value is -3.35. The highest BCUT2D eigenvalue weighted by Crippen LogP contribution is 2.31. The van der Waals surface area contributed by atoms with Gasteiger partial charge in [-0.15, -0.1) is 0 Å². The van der Waals surface area contributed by atoms with Gasteiger partial charge in [0.1, 0.15) is 0 Å². The van der Waals surface area contributed by atoms with Crippen molar-refractivity contribution in [3.8, 4) is 22.9 Å². The minimum absolute atomic E-state index is 0.147. The van der Waals surface area contributed by atoms with Crippen LogP contribution < -0.4 is 9.47 Å². The van der Waals surface area contributed by atoms with E-state index in [0.29, 0.717) is 42.0 Å². The largest absolute Gasteiger partial charge is 0.493 e. The number of benzene rings is 2. The number of amides is 1. The van der Waals surface area contributed by atoms with E-state index < -0.39 is 0 Å². The van der Waals surface area contributed by atoms with Crippen molar-refractivity contribution in [3.05, 3.63) is 60.0 Å². The monoisotopic (exact) mass is 435 g/mol. The topological polar surface area (TPSA) is 77.7 Å². The first kappa shape index (κ1) is 21.9. The summed E-state index contributed by atoms with van der Waals surface area (Å²) < 4.78 is 16.0. The molecular formula is C25H29N3O4. The number of ether oxygens (including phenoxy) is 2. The molecule has 1 aliphatic heterocycles. The highest BCUT2D eigenvalue weighted by Gasteiger charge is 2.23. The molecule has 0 atom stereocenters. The molecule has 0 saturated carbocycles. The second-order valence-corrected chi connectivity index (χ2v) is 8.10. The Labute approximate surface area is 188 Å². The fraction of sp³-hybridized carbons (Fsp3) is 0.400. The predicted molar refractivity (Wildman–Crippen MR) is 121 cm³/mol. The van der Waals surface area contributed by atoms with Crippen molar-refractivity contribution in [2.24, 2.45) is 5.92 Å². The van der Waals surface area contributed by atoms with Crippen LogP contribution in [0.1, 0.15) is 30.7 Å². The average molecular weight is 436 g/mol. The molecular weight excluding hydrogens is 406 g/mol. The van der Waals surface area contributed by atoms with Crippen molar-refractivity contribution < 1.29 is 18.8 Å². The van der Waals surface area contributed by atoms with Crippen molar-refractivity contribution in [2.45, 2.75) is 32.1 Å². The number of rotatable bonds is 8. The number of hydrogen-bond donors (Lipinski definition) is 0. The summed E-state index contributed by atoms with van der Waals surface area (Å²) >= 11 is 0. The molecule has 3 aromatic rings. The zero-order valence-electron chi connectivity index (χ0n) is 18.6. The molecule has 4 rings (SSSR count). The van der Waals surface area contributed by atoms with Gasteiger partial charge in [0.25, 0.3) is 0 Å². The van der Waals surface area contributed by atoms with Gasteiger partial charge in [0.15, 0.2) is 11.5 Å². The van der Waals surface area contributed by atoms with Gasteiger partial charge in [-0.25, -0.2) is 0 Å². The molecule has 1 saturated heterocycles. The summed E-state index contributed by atoms with van der Waals surface area (Å²) in [5.74, 6) is 2.95. The van der Waals surface area contributed by atoms with Gasteiger partial charge in [-0.2, -0.15) is 4.98 Å². The maximum absolute atomic E-state index is 12.7. The lowest BCUT2D eigenvalue weighted by Crippen LogP contribution is -2.39. The molecule has 1 amide bonds. The first-order valence-corrected chi connectivity index (χ1v) is 11.0. The summed E-state index contributed by atoms with van der Waals surface area (Å²) in [4.78, 5) is 19.1. The fourth-order valence-corrected chi connectivity index (χ4v) is 4.15. The molecule has 0 unspecified atom stereocenters. The second kappa shape index (κ2) is 10.3. The van der Waals surface area contributed by atoms with Crippen LogP contribution in [0.25, 0.3) is 11.4 Å². The zero-order valence-corrected chi connectivity index (χ0v) is 18.6. The van der Waals surface area contributed by atoms with Gasteiger partial charge in [-0.1, -0.05) is 35.5 Å². The Morgan fingerprint density at radius 2 is 1.81 bits per heavy atom. The average Bonchev–Trinajstić information content (AvgIpc) is 3.32. The van der Waals surface area contributed by atoms with E-state index in [4.69, 9.17) is 14.0 Å². The van der Waals surface area contributed by atoms with E-state index in [1.165, 1.54) is 5.56 Å². The molecule has 1 aliphatic rings. The molecule has 2 aromatic carbocycles. The maximum atomic E-state index is 12.7. The number of methoxy groups -OCH3 is 2. The number of carbonyl (C=O) groups excluding carboxylic acids is 1. The second-order valence-electron chi connectivity index (χ2n) is 8.10. The summed E-state index contributed by atoms with van der Waals surface area (Å²) in [5, 5.41) is 4.05. The van der Waals surface area contributed by atoms with E-state index in [9.17, 15) is 4.79 Å². The smallest absolute Gasteiger partial charge is 0.227 e. The quantitative estimate of drug-likeness (QED) is 0.529. The number of hydrogen-bond acceptors (Lipinski definition) is 6. The van der Waals surface area contributed by atoms with E-state index in [1.54, 1.807) is 26.4 Å². The van der Waals surface area contributed by atoms with E-state index in [1.807, 2.05) is 17.0 Å². The van der Waals surface area contributed by atoms with Gasteiger partial charge in [0, 0.05) is 31.5 Å². The van der Waals surface area contributed by atoms with Crippen molar-refractivity contribution in [2.75, 3.05) is 27.3 Å². The van der Waals surface area contributed by atoms with E-state index in [2.05, 4.69) is 34.4 Å². The minimum atomic E-state index is 0.147. The van der Waals surface area contributed by atoms with Crippen LogP contribution in [-0.4, -0.2) is 48.3 Å². The summed E-state index contributed by atoms with van der Waals surface area (Å²) in [6, 6.07) is 16.0. The van der Waals surface area contributed by atoms with Gasteiger partial charge in [0.2, 0.25) is 17.6 Å². The summed E-state index contributed by atoms with van der Waals surface area (Å²) in [6.07, 6.45) is 3.99. The Bertz CT molecular complexity index is 1030. The van der Waals surface area contributed by atoms with E-state index in [-0.39, 0.29) is 5.91 Å². The summed E-state index contributed by atoms with van der Waals surface area (Å²) in [5.41, 5.74) is 2.14. The van der Waals surface area contributed by atoms with Gasteiger partial charge in [-0.05, 0) is 48.9 Å². The Balaban J connectivity index is 1.27. The molecule has 1 fully saturated rings. The SMILES string of the molecule is COc1ccc(-c2noc(CCC(=O)N3CCC(Cc4ccccc4)CC3)n2)cc1OC. The molecule has 168 valence electrons. The van der Waals surface area contributed by atoms with Gasteiger partial charge in [0.05, 0.1) is 14.2 Å². The van der Waals surface area contributed by atoms with Crippen molar-refractivity contribution in [3.63, 3.8) is 0 Å². The first-order valence-electron chi connectivity index (χ1n) is 11.0. The molecule has 7 nitrogen and oxygen atoms in total. The van der Waals surface area contributed by atoms with Crippen LogP contribution >= 0.6 is 0 Å². The first-order chi connectivity index (χ1) is 15.7. The van der Waals surface area contributed by atoms with Gasteiger partial charge >= 0.3 is 0 Å². The fourth-order valence-electron chi connectivity index (χ4n) is 4.15. The molecule has 0 radical (unpaired) electrons. The third-order valence-electron chi connectivity index (χ3n) is 6.00. The number of piperidine rings is 1. The van der Waals surface area contributed by atoms with Crippen LogP contribution in [0, 0.1) is 5.92 Å². The molecule has 1 aromatic heterocycles. The highest BCUT2D eigenvalue weighted by molar-refractivity contribution is 5.76. The lowest BCUT2D eigenvalue weighted by Gasteiger charge is -2.32. The van der Waals surface area contributed by atoms with Crippen LogP contribution in [0.3, 0.4) is 0 Å². The molecule has 7 heteroatoms. The highest BCUT2D eigenvalue weighted by atomic mass is 16.5. The Kier molecular flexibility index (Phi) is 7.04. The number of likely N-dealkylation sites (tertiary alicyclic amines) is 1. The van der Waals surface area contributed by atoms with Crippen molar-refractivity contribution in [1.29, 1.82) is 0 Å². The van der Waals surface area contributed by atoms with Crippen LogP contribution in [0.15, 0.2) is 53.1 Å². The molecule has 0 bridgehead atoms. The minimum Gasteiger partial charge on any atom is -0.493 e. The Morgan fingerprint density at radius 3 is 2.53 bits per heavy atom. The lowest BCUT2D eigenvalue weighted by atomic mass is 9.90. The summed E-state index contributed by atoms with van der Waals surface area (Å²) in [6.45, 7) is 1.63. The number of carbonyl (C=O) groups is 1. The lowest BCUT2D eigenvalue weighted by molar-refractivity contribution is -0.132. The molecule has 0 N–H and O–H groups in total. The van der Waals surface area contributed by atoms with E-state index >= 15 is 0 Å². The zero-order chi connectivity index (χ0) is 22.3. The number of nitrogens with zero attached hydrogens (tertiary/aromatic N) is 3. The van der Waals surface area contributed by atoms with Crippen molar-refractivity contribution >= 4 is 5.91 Å². The normalized spacial score (nSPS) is 14.4. The van der Waals surface area contributed by atoms with Gasteiger partial charge < -0.3 is 18.9 Å². The standard InChI is InChI=1S/C25H29N3O4/c1-30-21-9-8-20(17-22(21)31-2)25-26-23(32-27-25)10-11-24(29)28-14-12-19(13-15-28)16-18-6-4-3-5-7-18/h3-9,17,19H,10-16H2,1-2H3. The van der Waals surface area contributed by atoms with Crippen molar-refractivity contribution in [1.82, 2.24) is 15.0 Å². The van der Waals surface area contributed by atoms with Crippen LogP contribution in [0.5, 0.6) is 11.5 Å². The maximum Gasteiger partial charge on any atom is 0.227 e. The predicted octanol–water partition coefficient (Wildman–Crippen LogP) is 4.17. The number of aryl methyl sites for hydroxylation is 1. The molecule has 32 heavy (non-hydrogen) atoms. The third-order valence-corrected chi connectivity index (χ3v) is 6.00. The Morgan fingerprint density at radius 1 is 1.06 bits per heavy atom. The molecule has 0 aliphatic carbocycles. The number of aromatic nitrogens is 2. The van der Waals surface area contributed by atoms with Crippen LogP contribution in [0.4, 0.5) is 0 Å². The van der Waals surface area contributed by atoms with Gasteiger partial charge in [-0.3, -0.25) is 4.79 Å². The summed E-state index contributed by atoms with van der Waals surface area (Å²) in [7, 11) is 3.17.